The van der Waals surface area contributed by atoms with Crippen LogP contribution in [0, 0.1) is 5.41 Å². The van der Waals surface area contributed by atoms with E-state index in [0.29, 0.717) is 23.7 Å². The minimum atomic E-state index is -0.869. The summed E-state index contributed by atoms with van der Waals surface area (Å²) in [6.45, 7) is 2.23. The average Bonchev–Trinajstić information content (AvgIpc) is 2.82. The summed E-state index contributed by atoms with van der Waals surface area (Å²) in [6.07, 6.45) is 0.467. The SMILES string of the molecule is CC1(C(=O)O)CCN(C(=O)COc2ccc(Cl)cc2)C1. The number of likely N-dealkylation sites (tertiary alicyclic amines) is 1. The molecule has 1 amide bonds. The summed E-state index contributed by atoms with van der Waals surface area (Å²) in [4.78, 5) is 24.6. The summed E-state index contributed by atoms with van der Waals surface area (Å²) < 4.78 is 5.37. The van der Waals surface area contributed by atoms with Crippen LogP contribution in [-0.4, -0.2) is 41.6 Å². The van der Waals surface area contributed by atoms with Gasteiger partial charge in [-0.05, 0) is 37.6 Å². The van der Waals surface area contributed by atoms with Gasteiger partial charge in [0, 0.05) is 18.1 Å². The lowest BCUT2D eigenvalue weighted by Crippen LogP contribution is -2.37. The van der Waals surface area contributed by atoms with Crippen molar-refractivity contribution in [1.29, 1.82) is 0 Å². The lowest BCUT2D eigenvalue weighted by Gasteiger charge is -2.20. The number of nitrogens with zero attached hydrogens (tertiary/aromatic N) is 1. The summed E-state index contributed by atoms with van der Waals surface area (Å²) in [5.41, 5.74) is -0.851. The third-order valence-corrected chi connectivity index (χ3v) is 3.77. The van der Waals surface area contributed by atoms with Gasteiger partial charge in [-0.25, -0.2) is 0 Å². The van der Waals surface area contributed by atoms with Gasteiger partial charge in [-0.15, -0.1) is 0 Å². The molecule has 0 bridgehead atoms. The van der Waals surface area contributed by atoms with Crippen LogP contribution >= 0.6 is 11.6 Å². The number of rotatable bonds is 4. The third kappa shape index (κ3) is 3.22. The fourth-order valence-electron chi connectivity index (χ4n) is 2.12. The number of ether oxygens (including phenoxy) is 1. The van der Waals surface area contributed by atoms with E-state index in [2.05, 4.69) is 0 Å². The number of carbonyl (C=O) groups excluding carboxylic acids is 1. The van der Waals surface area contributed by atoms with Gasteiger partial charge in [-0.1, -0.05) is 11.6 Å². The normalized spacial score (nSPS) is 21.8. The highest BCUT2D eigenvalue weighted by Gasteiger charge is 2.42. The number of benzene rings is 1. The van der Waals surface area contributed by atoms with Crippen molar-refractivity contribution >= 4 is 23.5 Å². The maximum atomic E-state index is 12.0. The molecule has 1 N–H and O–H groups in total. The molecule has 20 heavy (non-hydrogen) atoms. The highest BCUT2D eigenvalue weighted by Crippen LogP contribution is 2.30. The zero-order chi connectivity index (χ0) is 14.8. The molecule has 1 aliphatic rings. The molecule has 1 aromatic carbocycles. The van der Waals surface area contributed by atoms with Crippen molar-refractivity contribution in [2.75, 3.05) is 19.7 Å². The van der Waals surface area contributed by atoms with Gasteiger partial charge in [0.1, 0.15) is 5.75 Å². The van der Waals surface area contributed by atoms with Crippen LogP contribution in [0.25, 0.3) is 0 Å². The van der Waals surface area contributed by atoms with Crippen LogP contribution < -0.4 is 4.74 Å². The second-order valence-electron chi connectivity index (χ2n) is 5.17. The number of carboxylic acids is 1. The Labute approximate surface area is 122 Å². The first-order valence-corrected chi connectivity index (χ1v) is 6.68. The van der Waals surface area contributed by atoms with Gasteiger partial charge in [-0.3, -0.25) is 9.59 Å². The Hall–Kier alpha value is -1.75. The highest BCUT2D eigenvalue weighted by molar-refractivity contribution is 6.30. The minimum Gasteiger partial charge on any atom is -0.484 e. The first-order valence-electron chi connectivity index (χ1n) is 6.30. The van der Waals surface area contributed by atoms with Gasteiger partial charge < -0.3 is 14.7 Å². The quantitative estimate of drug-likeness (QED) is 0.923. The van der Waals surface area contributed by atoms with E-state index in [1.54, 1.807) is 31.2 Å². The lowest BCUT2D eigenvalue weighted by atomic mass is 9.90. The van der Waals surface area contributed by atoms with Crippen LogP contribution in [0.5, 0.6) is 5.75 Å². The molecule has 6 heteroatoms. The summed E-state index contributed by atoms with van der Waals surface area (Å²) in [5.74, 6) is -0.515. The van der Waals surface area contributed by atoms with E-state index >= 15 is 0 Å². The Morgan fingerprint density at radius 3 is 2.60 bits per heavy atom. The van der Waals surface area contributed by atoms with Gasteiger partial charge in [-0.2, -0.15) is 0 Å². The smallest absolute Gasteiger partial charge is 0.311 e. The second kappa shape index (κ2) is 5.71. The van der Waals surface area contributed by atoms with Crippen molar-refractivity contribution in [3.63, 3.8) is 0 Å². The number of carboxylic acid groups (broad SMARTS) is 1. The molecule has 1 atom stereocenters. The Balaban J connectivity index is 1.87. The molecular weight excluding hydrogens is 282 g/mol. The van der Waals surface area contributed by atoms with Crippen molar-refractivity contribution in [3.8, 4) is 5.75 Å². The van der Waals surface area contributed by atoms with Crippen molar-refractivity contribution < 1.29 is 19.4 Å². The van der Waals surface area contributed by atoms with Crippen molar-refractivity contribution in [2.45, 2.75) is 13.3 Å². The number of amides is 1. The number of halogens is 1. The van der Waals surface area contributed by atoms with Gasteiger partial charge in [0.2, 0.25) is 0 Å². The van der Waals surface area contributed by atoms with E-state index in [1.165, 1.54) is 4.90 Å². The molecule has 0 spiro atoms. The van der Waals surface area contributed by atoms with E-state index < -0.39 is 11.4 Å². The van der Waals surface area contributed by atoms with Crippen molar-refractivity contribution in [1.82, 2.24) is 4.90 Å². The number of carbonyl (C=O) groups is 2. The topological polar surface area (TPSA) is 66.8 Å². The van der Waals surface area contributed by atoms with Crippen molar-refractivity contribution in [2.24, 2.45) is 5.41 Å². The second-order valence-corrected chi connectivity index (χ2v) is 5.61. The van der Waals surface area contributed by atoms with E-state index in [-0.39, 0.29) is 19.1 Å². The molecule has 0 radical (unpaired) electrons. The molecule has 1 unspecified atom stereocenters. The van der Waals surface area contributed by atoms with Crippen molar-refractivity contribution in [3.05, 3.63) is 29.3 Å². The van der Waals surface area contributed by atoms with Crippen LogP contribution in [0.1, 0.15) is 13.3 Å². The molecule has 1 aliphatic heterocycles. The number of aliphatic carboxylic acids is 1. The fraction of sp³-hybridized carbons (Fsp3) is 0.429. The Morgan fingerprint density at radius 2 is 2.05 bits per heavy atom. The Bertz CT molecular complexity index is 516. The van der Waals surface area contributed by atoms with E-state index in [9.17, 15) is 9.59 Å². The summed E-state index contributed by atoms with van der Waals surface area (Å²) in [7, 11) is 0. The number of hydrogen-bond acceptors (Lipinski definition) is 3. The minimum absolute atomic E-state index is 0.0999. The van der Waals surface area contributed by atoms with Gasteiger partial charge in [0.25, 0.3) is 5.91 Å². The molecule has 108 valence electrons. The molecule has 0 aliphatic carbocycles. The van der Waals surface area contributed by atoms with Gasteiger partial charge in [0.15, 0.2) is 6.61 Å². The molecule has 1 aromatic rings. The Kier molecular flexibility index (Phi) is 4.18. The fourth-order valence-corrected chi connectivity index (χ4v) is 2.24. The molecular formula is C14H16ClNO4. The van der Waals surface area contributed by atoms with Gasteiger partial charge in [0.05, 0.1) is 5.41 Å². The zero-order valence-electron chi connectivity index (χ0n) is 11.1. The predicted octanol–water partition coefficient (Wildman–Crippen LogP) is 2.04. The summed E-state index contributed by atoms with van der Waals surface area (Å²) in [5, 5.41) is 9.72. The monoisotopic (exact) mass is 297 g/mol. The maximum Gasteiger partial charge on any atom is 0.311 e. The number of hydrogen-bond donors (Lipinski definition) is 1. The van der Waals surface area contributed by atoms with Crippen LogP contribution in [0.2, 0.25) is 5.02 Å². The van der Waals surface area contributed by atoms with E-state index in [4.69, 9.17) is 21.4 Å². The lowest BCUT2D eigenvalue weighted by molar-refractivity contribution is -0.147. The predicted molar refractivity (Wildman–Crippen MR) is 73.9 cm³/mol. The van der Waals surface area contributed by atoms with E-state index in [0.717, 1.165) is 0 Å². The van der Waals surface area contributed by atoms with Crippen LogP contribution in [-0.2, 0) is 9.59 Å². The first-order chi connectivity index (χ1) is 9.40. The van der Waals surface area contributed by atoms with Crippen LogP contribution in [0.4, 0.5) is 0 Å². The summed E-state index contributed by atoms with van der Waals surface area (Å²) in [6, 6.07) is 6.72. The van der Waals surface area contributed by atoms with E-state index in [1.807, 2.05) is 0 Å². The standard InChI is InChI=1S/C14H16ClNO4/c1-14(13(18)19)6-7-16(9-14)12(17)8-20-11-4-2-10(15)3-5-11/h2-5H,6-9H2,1H3,(H,18,19). The highest BCUT2D eigenvalue weighted by atomic mass is 35.5. The molecule has 0 saturated carbocycles. The largest absolute Gasteiger partial charge is 0.484 e. The molecule has 1 heterocycles. The third-order valence-electron chi connectivity index (χ3n) is 3.52. The molecule has 1 fully saturated rings. The Morgan fingerprint density at radius 1 is 1.40 bits per heavy atom. The van der Waals surface area contributed by atoms with Crippen LogP contribution in [0.15, 0.2) is 24.3 Å². The maximum absolute atomic E-state index is 12.0. The average molecular weight is 298 g/mol. The zero-order valence-corrected chi connectivity index (χ0v) is 11.9. The molecule has 5 nitrogen and oxygen atoms in total. The molecule has 0 aromatic heterocycles. The summed E-state index contributed by atoms with van der Waals surface area (Å²) >= 11 is 5.75. The molecule has 2 rings (SSSR count). The van der Waals surface area contributed by atoms with Gasteiger partial charge >= 0.3 is 5.97 Å². The first kappa shape index (κ1) is 14.7. The van der Waals surface area contributed by atoms with Crippen LogP contribution in [0.3, 0.4) is 0 Å². The molecule has 1 saturated heterocycles.